The van der Waals surface area contributed by atoms with E-state index in [1.165, 1.54) is 19.1 Å². The van der Waals surface area contributed by atoms with E-state index in [-0.39, 0.29) is 18.6 Å². The van der Waals surface area contributed by atoms with Crippen LogP contribution in [0, 0.1) is 0 Å². The number of phenols is 1. The van der Waals surface area contributed by atoms with Crippen LogP contribution in [0.1, 0.15) is 25.3 Å². The number of hydrogen-bond donors (Lipinski definition) is 7. The molecule has 0 aromatic heterocycles. The number of carbonyl (C=O) groups excluding carboxylic acids is 3. The lowest BCUT2D eigenvalue weighted by atomic mass is 10.0. The molecule has 0 unspecified atom stereocenters. The molecule has 1 aromatic rings. The molecule has 1 rings (SSSR count). The fourth-order valence-electron chi connectivity index (χ4n) is 2.49. The highest BCUT2D eigenvalue weighted by Gasteiger charge is 2.27. The molecule has 0 radical (unpaired) electrons. The van der Waals surface area contributed by atoms with Gasteiger partial charge in [-0.2, -0.15) is 0 Å². The first kappa shape index (κ1) is 25.4. The maximum absolute atomic E-state index is 12.5. The third-order valence-electron chi connectivity index (χ3n) is 4.17. The summed E-state index contributed by atoms with van der Waals surface area (Å²) in [6.07, 6.45) is -0.569. The smallest absolute Gasteiger partial charge is 0.322 e. The van der Waals surface area contributed by atoms with Crippen molar-refractivity contribution in [3.8, 4) is 5.75 Å². The standard InChI is InChI=1S/C19H26N4O8/c1-10(17(29)21-9-16(27)28)22-19(31)14(6-7-15(25)26)23-18(30)13(20)8-11-2-4-12(24)5-3-11/h2-5,10,13-14,24H,6-9,20H2,1H3,(H,21,29)(H,22,31)(H,23,30)(H,25,26)(H,27,28)/t10-,13-,14-/m0/s1. The third-order valence-corrected chi connectivity index (χ3v) is 4.17. The normalized spacial score (nSPS) is 13.4. The van der Waals surface area contributed by atoms with Gasteiger partial charge in [-0.1, -0.05) is 12.1 Å². The summed E-state index contributed by atoms with van der Waals surface area (Å²) in [5.41, 5.74) is 6.53. The number of carboxylic acid groups (broad SMARTS) is 2. The fraction of sp³-hybridized carbons (Fsp3) is 0.421. The van der Waals surface area contributed by atoms with E-state index in [1.54, 1.807) is 12.1 Å². The van der Waals surface area contributed by atoms with Crippen LogP contribution in [-0.2, 0) is 30.4 Å². The van der Waals surface area contributed by atoms with E-state index in [0.29, 0.717) is 5.56 Å². The SMILES string of the molecule is C[C@H](NC(=O)[C@H](CCC(=O)O)NC(=O)[C@@H](N)Cc1ccc(O)cc1)C(=O)NCC(=O)O. The highest BCUT2D eigenvalue weighted by molar-refractivity contribution is 5.93. The van der Waals surface area contributed by atoms with Gasteiger partial charge in [0.25, 0.3) is 0 Å². The molecule has 0 bridgehead atoms. The molecule has 170 valence electrons. The average Bonchev–Trinajstić information content (AvgIpc) is 2.70. The number of carbonyl (C=O) groups is 5. The lowest BCUT2D eigenvalue weighted by Crippen LogP contribution is -2.55. The first-order valence-electron chi connectivity index (χ1n) is 9.35. The Labute approximate surface area is 177 Å². The summed E-state index contributed by atoms with van der Waals surface area (Å²) in [6.45, 7) is 0.673. The van der Waals surface area contributed by atoms with Gasteiger partial charge in [0.1, 0.15) is 24.4 Å². The zero-order chi connectivity index (χ0) is 23.6. The molecule has 0 aliphatic carbocycles. The number of benzene rings is 1. The van der Waals surface area contributed by atoms with Gasteiger partial charge >= 0.3 is 11.9 Å². The molecular formula is C19H26N4O8. The molecule has 0 aliphatic heterocycles. The minimum atomic E-state index is -1.27. The van der Waals surface area contributed by atoms with Crippen LogP contribution < -0.4 is 21.7 Å². The lowest BCUT2D eigenvalue weighted by molar-refractivity contribution is -0.138. The van der Waals surface area contributed by atoms with Crippen molar-refractivity contribution in [2.45, 2.75) is 44.3 Å². The number of nitrogens with two attached hydrogens (primary N) is 1. The molecular weight excluding hydrogens is 412 g/mol. The summed E-state index contributed by atoms with van der Waals surface area (Å²) in [6, 6.07) is 2.56. The Balaban J connectivity index is 2.75. The second kappa shape index (κ2) is 12.1. The molecule has 8 N–H and O–H groups in total. The molecule has 3 atom stereocenters. The largest absolute Gasteiger partial charge is 0.508 e. The van der Waals surface area contributed by atoms with E-state index in [2.05, 4.69) is 16.0 Å². The van der Waals surface area contributed by atoms with Crippen LogP contribution in [0.5, 0.6) is 5.75 Å². The van der Waals surface area contributed by atoms with Gasteiger partial charge in [0.2, 0.25) is 17.7 Å². The van der Waals surface area contributed by atoms with E-state index in [1.807, 2.05) is 0 Å². The zero-order valence-corrected chi connectivity index (χ0v) is 16.8. The molecule has 12 heteroatoms. The van der Waals surface area contributed by atoms with Crippen molar-refractivity contribution in [1.82, 2.24) is 16.0 Å². The Kier molecular flexibility index (Phi) is 9.92. The highest BCUT2D eigenvalue weighted by Crippen LogP contribution is 2.11. The van der Waals surface area contributed by atoms with Crippen molar-refractivity contribution in [2.24, 2.45) is 5.73 Å². The van der Waals surface area contributed by atoms with Gasteiger partial charge in [-0.15, -0.1) is 0 Å². The summed E-state index contributed by atoms with van der Waals surface area (Å²) in [4.78, 5) is 58.1. The predicted octanol–water partition coefficient (Wildman–Crippen LogP) is -1.68. The molecule has 0 saturated carbocycles. The minimum absolute atomic E-state index is 0.0497. The Hall–Kier alpha value is -3.67. The summed E-state index contributed by atoms with van der Waals surface area (Å²) < 4.78 is 0. The zero-order valence-electron chi connectivity index (χ0n) is 16.8. The third kappa shape index (κ3) is 9.58. The maximum atomic E-state index is 12.5. The Morgan fingerprint density at radius 2 is 1.55 bits per heavy atom. The Morgan fingerprint density at radius 3 is 2.10 bits per heavy atom. The molecule has 0 spiro atoms. The molecule has 3 amide bonds. The summed E-state index contributed by atoms with van der Waals surface area (Å²) in [5, 5.41) is 33.5. The number of nitrogens with one attached hydrogen (secondary N) is 3. The van der Waals surface area contributed by atoms with E-state index >= 15 is 0 Å². The topological polar surface area (TPSA) is 208 Å². The van der Waals surface area contributed by atoms with Gasteiger partial charge in [0.05, 0.1) is 6.04 Å². The molecule has 31 heavy (non-hydrogen) atoms. The van der Waals surface area contributed by atoms with Gasteiger partial charge < -0.3 is 37.0 Å². The monoisotopic (exact) mass is 438 g/mol. The number of amides is 3. The van der Waals surface area contributed by atoms with E-state index in [9.17, 15) is 29.1 Å². The number of aromatic hydroxyl groups is 1. The van der Waals surface area contributed by atoms with Crippen molar-refractivity contribution in [3.63, 3.8) is 0 Å². The molecule has 0 heterocycles. The fourth-order valence-corrected chi connectivity index (χ4v) is 2.49. The highest BCUT2D eigenvalue weighted by atomic mass is 16.4. The number of phenolic OH excluding ortho intramolecular Hbond substituents is 1. The number of hydrogen-bond acceptors (Lipinski definition) is 7. The van der Waals surface area contributed by atoms with Gasteiger partial charge in [-0.3, -0.25) is 24.0 Å². The first-order valence-corrected chi connectivity index (χ1v) is 9.35. The van der Waals surface area contributed by atoms with Gasteiger partial charge in [-0.05, 0) is 37.5 Å². The van der Waals surface area contributed by atoms with Gasteiger partial charge in [-0.25, -0.2) is 0 Å². The summed E-state index contributed by atoms with van der Waals surface area (Å²) in [5.74, 6) is -4.68. The molecule has 1 aromatic carbocycles. The van der Waals surface area contributed by atoms with Crippen molar-refractivity contribution >= 4 is 29.7 Å². The van der Waals surface area contributed by atoms with Crippen molar-refractivity contribution < 1.29 is 39.3 Å². The second-order valence-electron chi connectivity index (χ2n) is 6.81. The summed E-state index contributed by atoms with van der Waals surface area (Å²) >= 11 is 0. The van der Waals surface area contributed by atoms with Crippen molar-refractivity contribution in [3.05, 3.63) is 29.8 Å². The quantitative estimate of drug-likeness (QED) is 0.198. The number of aliphatic carboxylic acids is 2. The van der Waals surface area contributed by atoms with Crippen LogP contribution in [-0.4, -0.2) is 69.7 Å². The Morgan fingerprint density at radius 1 is 0.935 bits per heavy atom. The Bertz CT molecular complexity index is 812. The number of rotatable bonds is 12. The van der Waals surface area contributed by atoms with E-state index in [0.717, 1.165) is 0 Å². The van der Waals surface area contributed by atoms with Crippen LogP contribution in [0.2, 0.25) is 0 Å². The van der Waals surface area contributed by atoms with Crippen LogP contribution in [0.4, 0.5) is 0 Å². The van der Waals surface area contributed by atoms with Crippen LogP contribution >= 0.6 is 0 Å². The molecule has 0 saturated heterocycles. The minimum Gasteiger partial charge on any atom is -0.508 e. The first-order chi connectivity index (χ1) is 14.5. The molecule has 0 fully saturated rings. The van der Waals surface area contributed by atoms with Gasteiger partial charge in [0, 0.05) is 6.42 Å². The summed E-state index contributed by atoms with van der Waals surface area (Å²) in [7, 11) is 0. The molecule has 12 nitrogen and oxygen atoms in total. The maximum Gasteiger partial charge on any atom is 0.322 e. The van der Waals surface area contributed by atoms with Crippen molar-refractivity contribution in [2.75, 3.05) is 6.54 Å². The van der Waals surface area contributed by atoms with Crippen molar-refractivity contribution in [1.29, 1.82) is 0 Å². The predicted molar refractivity (Wildman–Crippen MR) is 107 cm³/mol. The van der Waals surface area contributed by atoms with Gasteiger partial charge in [0.15, 0.2) is 0 Å². The van der Waals surface area contributed by atoms with Crippen LogP contribution in [0.25, 0.3) is 0 Å². The van der Waals surface area contributed by atoms with Crippen LogP contribution in [0.15, 0.2) is 24.3 Å². The van der Waals surface area contributed by atoms with E-state index < -0.39 is 60.8 Å². The molecule has 0 aliphatic rings. The van der Waals surface area contributed by atoms with E-state index in [4.69, 9.17) is 15.9 Å². The lowest BCUT2D eigenvalue weighted by Gasteiger charge is -2.22. The number of carboxylic acids is 2. The average molecular weight is 438 g/mol. The second-order valence-corrected chi connectivity index (χ2v) is 6.81. The van der Waals surface area contributed by atoms with Crippen LogP contribution in [0.3, 0.4) is 0 Å².